The molecular weight excluding hydrogens is 558 g/mol. The second-order valence-corrected chi connectivity index (χ2v) is 14.2. The number of nitrogens with zero attached hydrogens (tertiary/aromatic N) is 3. The van der Waals surface area contributed by atoms with Crippen LogP contribution in [0.5, 0.6) is 0 Å². The number of likely N-dealkylation sites (tertiary alicyclic amines) is 1. The molecule has 0 aliphatic carbocycles. The fraction of sp³-hybridized carbons (Fsp3) is 0.457. The summed E-state index contributed by atoms with van der Waals surface area (Å²) in [5.41, 5.74) is 2.02. The third kappa shape index (κ3) is 5.12. The molecule has 1 unspecified atom stereocenters. The average Bonchev–Trinajstić information content (AvgIpc) is 3.30. The van der Waals surface area contributed by atoms with Gasteiger partial charge in [-0.1, -0.05) is 98.3 Å². The number of fused-ring (bicyclic) bond motifs is 2. The molecule has 7 nitrogen and oxygen atoms in total. The quantitative estimate of drug-likeness (QED) is 0.440. The summed E-state index contributed by atoms with van der Waals surface area (Å²) in [4.78, 5) is 49.3. The van der Waals surface area contributed by atoms with Crippen molar-refractivity contribution in [1.82, 2.24) is 14.7 Å². The Morgan fingerprint density at radius 1 is 0.860 bits per heavy atom. The number of aliphatic hydroxyl groups excluding tert-OH is 1. The van der Waals surface area contributed by atoms with Crippen molar-refractivity contribution in [2.75, 3.05) is 26.2 Å². The standard InChI is InChI=1S/C35H41N3O4S/c1-3-4-19-36-20-12-18-35-29(32(41)38(30(35)33(36)42)27(24-39)22-25-13-7-5-8-14-25)28-31(40)37(21-11-17-34(28,2)43-35)23-26-15-9-6-10-16-26/h5-18,27-30,39H,3-4,19-24H2,1-2H3/t27-,28+,29+,30?,34-,35+/m1/s1. The van der Waals surface area contributed by atoms with Gasteiger partial charge >= 0.3 is 0 Å². The molecule has 3 amide bonds. The van der Waals surface area contributed by atoms with Crippen LogP contribution in [-0.4, -0.2) is 85.3 Å². The van der Waals surface area contributed by atoms with Gasteiger partial charge in [0.25, 0.3) is 0 Å². The van der Waals surface area contributed by atoms with Crippen molar-refractivity contribution in [1.29, 1.82) is 0 Å². The number of rotatable bonds is 9. The summed E-state index contributed by atoms with van der Waals surface area (Å²) >= 11 is 1.60. The van der Waals surface area contributed by atoms with E-state index in [1.165, 1.54) is 0 Å². The number of hydrogen-bond donors (Lipinski definition) is 1. The van der Waals surface area contributed by atoms with E-state index in [0.29, 0.717) is 32.6 Å². The molecule has 8 heteroatoms. The second-order valence-electron chi connectivity index (χ2n) is 12.4. The molecule has 43 heavy (non-hydrogen) atoms. The molecule has 226 valence electrons. The van der Waals surface area contributed by atoms with Gasteiger partial charge in [-0.2, -0.15) is 0 Å². The molecule has 4 aliphatic rings. The normalized spacial score (nSPS) is 30.6. The van der Waals surface area contributed by atoms with Crippen LogP contribution in [-0.2, 0) is 27.3 Å². The van der Waals surface area contributed by atoms with E-state index in [0.717, 1.165) is 24.0 Å². The molecule has 2 saturated heterocycles. The Kier molecular flexibility index (Phi) is 8.26. The highest BCUT2D eigenvalue weighted by molar-refractivity contribution is 8.02. The Morgan fingerprint density at radius 3 is 2.19 bits per heavy atom. The van der Waals surface area contributed by atoms with Crippen LogP contribution in [0, 0.1) is 11.8 Å². The summed E-state index contributed by atoms with van der Waals surface area (Å²) in [5.74, 6) is -1.73. The molecule has 6 atom stereocenters. The van der Waals surface area contributed by atoms with Crippen molar-refractivity contribution in [2.45, 2.75) is 61.2 Å². The molecule has 0 aromatic heterocycles. The fourth-order valence-corrected chi connectivity index (χ4v) is 9.73. The molecule has 4 heterocycles. The van der Waals surface area contributed by atoms with Crippen molar-refractivity contribution in [3.8, 4) is 0 Å². The predicted octanol–water partition coefficient (Wildman–Crippen LogP) is 4.07. The van der Waals surface area contributed by atoms with Gasteiger partial charge in [0.2, 0.25) is 17.7 Å². The van der Waals surface area contributed by atoms with Crippen molar-refractivity contribution < 1.29 is 19.5 Å². The fourth-order valence-electron chi connectivity index (χ4n) is 7.58. The molecule has 1 spiro atoms. The second kappa shape index (κ2) is 12.0. The van der Waals surface area contributed by atoms with Gasteiger partial charge in [0.1, 0.15) is 6.04 Å². The highest BCUT2D eigenvalue weighted by Gasteiger charge is 2.74. The lowest BCUT2D eigenvalue weighted by molar-refractivity contribution is -0.147. The lowest BCUT2D eigenvalue weighted by Crippen LogP contribution is -2.57. The van der Waals surface area contributed by atoms with Crippen LogP contribution < -0.4 is 0 Å². The van der Waals surface area contributed by atoms with E-state index in [1.807, 2.05) is 82.6 Å². The summed E-state index contributed by atoms with van der Waals surface area (Å²) < 4.78 is -1.58. The van der Waals surface area contributed by atoms with Crippen molar-refractivity contribution in [3.05, 3.63) is 96.1 Å². The van der Waals surface area contributed by atoms with Crippen molar-refractivity contribution >= 4 is 29.5 Å². The maximum Gasteiger partial charge on any atom is 0.247 e. The zero-order chi connectivity index (χ0) is 30.2. The Morgan fingerprint density at radius 2 is 1.51 bits per heavy atom. The van der Waals surface area contributed by atoms with Crippen LogP contribution >= 0.6 is 11.8 Å². The maximum atomic E-state index is 14.8. The van der Waals surface area contributed by atoms with Crippen LogP contribution in [0.2, 0.25) is 0 Å². The molecule has 1 N–H and O–H groups in total. The average molecular weight is 600 g/mol. The van der Waals surface area contributed by atoms with Gasteiger partial charge in [0.15, 0.2) is 0 Å². The van der Waals surface area contributed by atoms with Gasteiger partial charge in [-0.25, -0.2) is 0 Å². The maximum absolute atomic E-state index is 14.8. The van der Waals surface area contributed by atoms with Gasteiger partial charge < -0.3 is 19.8 Å². The zero-order valence-electron chi connectivity index (χ0n) is 25.0. The predicted molar refractivity (Wildman–Crippen MR) is 169 cm³/mol. The minimum Gasteiger partial charge on any atom is -0.394 e. The highest BCUT2D eigenvalue weighted by atomic mass is 32.2. The monoisotopic (exact) mass is 599 g/mol. The molecule has 2 aromatic rings. The Hall–Kier alpha value is -3.36. The molecule has 0 radical (unpaired) electrons. The number of amides is 3. The number of benzene rings is 2. The Balaban J connectivity index is 1.43. The van der Waals surface area contributed by atoms with Gasteiger partial charge in [0.05, 0.1) is 29.2 Å². The van der Waals surface area contributed by atoms with E-state index in [-0.39, 0.29) is 24.3 Å². The zero-order valence-corrected chi connectivity index (χ0v) is 25.8. The molecule has 0 bridgehead atoms. The number of carbonyl (C=O) groups excluding carboxylic acids is 3. The molecule has 2 aromatic carbocycles. The van der Waals surface area contributed by atoms with Crippen LogP contribution in [0.25, 0.3) is 0 Å². The van der Waals surface area contributed by atoms with E-state index in [9.17, 15) is 19.5 Å². The smallest absolute Gasteiger partial charge is 0.247 e. The minimum atomic E-state index is -0.922. The summed E-state index contributed by atoms with van der Waals surface area (Å²) in [6.45, 7) is 5.88. The van der Waals surface area contributed by atoms with Crippen molar-refractivity contribution in [3.63, 3.8) is 0 Å². The molecule has 6 rings (SSSR count). The van der Waals surface area contributed by atoms with Gasteiger partial charge in [0, 0.05) is 30.9 Å². The summed E-state index contributed by atoms with van der Waals surface area (Å²) in [6, 6.07) is 18.3. The van der Waals surface area contributed by atoms with E-state index in [1.54, 1.807) is 16.7 Å². The Bertz CT molecular complexity index is 1410. The Labute approximate surface area is 258 Å². The number of thioether (sulfide) groups is 1. The first-order valence-electron chi connectivity index (χ1n) is 15.5. The number of hydrogen-bond acceptors (Lipinski definition) is 5. The number of carbonyl (C=O) groups is 3. The number of unbranched alkanes of at least 4 members (excludes halogenated alkanes) is 1. The van der Waals surface area contributed by atoms with Crippen LogP contribution in [0.4, 0.5) is 0 Å². The third-order valence-corrected chi connectivity index (χ3v) is 11.4. The van der Waals surface area contributed by atoms with Gasteiger partial charge in [-0.05, 0) is 30.9 Å². The van der Waals surface area contributed by atoms with Gasteiger partial charge in [-0.3, -0.25) is 14.4 Å². The topological polar surface area (TPSA) is 81.2 Å². The van der Waals surface area contributed by atoms with E-state index in [4.69, 9.17) is 0 Å². The first-order chi connectivity index (χ1) is 20.8. The third-order valence-electron chi connectivity index (χ3n) is 9.58. The SMILES string of the molecule is CCCCN1CC=C[C@]23S[C@]4(C)C=CCN(Cc5ccccc5)C(=O)[C@@H]4[C@H]2C(=O)N([C@@H](CO)Cc2ccccc2)C3C1=O. The molecule has 4 aliphatic heterocycles. The molecule has 0 saturated carbocycles. The van der Waals surface area contributed by atoms with Crippen LogP contribution in [0.3, 0.4) is 0 Å². The first-order valence-corrected chi connectivity index (χ1v) is 16.3. The highest BCUT2D eigenvalue weighted by Crippen LogP contribution is 2.65. The molecular formula is C35H41N3O4S. The summed E-state index contributed by atoms with van der Waals surface area (Å²) in [5, 5.41) is 10.7. The van der Waals surface area contributed by atoms with E-state index < -0.39 is 33.4 Å². The summed E-state index contributed by atoms with van der Waals surface area (Å²) in [6.07, 6.45) is 10.5. The largest absolute Gasteiger partial charge is 0.394 e. The van der Waals surface area contributed by atoms with Gasteiger partial charge in [-0.15, -0.1) is 11.8 Å². The van der Waals surface area contributed by atoms with E-state index >= 15 is 0 Å². The van der Waals surface area contributed by atoms with E-state index in [2.05, 4.69) is 26.0 Å². The summed E-state index contributed by atoms with van der Waals surface area (Å²) in [7, 11) is 0. The lowest BCUT2D eigenvalue weighted by Gasteiger charge is -2.40. The first kappa shape index (κ1) is 29.7. The molecule has 2 fully saturated rings. The van der Waals surface area contributed by atoms with Crippen molar-refractivity contribution in [2.24, 2.45) is 11.8 Å². The lowest BCUT2D eigenvalue weighted by atomic mass is 9.74. The number of aliphatic hydroxyl groups is 1. The van der Waals surface area contributed by atoms with Crippen LogP contribution in [0.1, 0.15) is 37.8 Å². The minimum absolute atomic E-state index is 0.0591. The van der Waals surface area contributed by atoms with Crippen LogP contribution in [0.15, 0.2) is 85.0 Å².